The molecule has 4 aromatic rings. The molecule has 0 aliphatic rings. The van der Waals surface area contributed by atoms with Crippen LogP contribution in [0.4, 0.5) is 5.69 Å². The zero-order valence-corrected chi connectivity index (χ0v) is 19.9. The number of para-hydroxylation sites is 1. The molecule has 0 spiro atoms. The molecule has 0 bridgehead atoms. The lowest BCUT2D eigenvalue weighted by molar-refractivity contribution is -0.113. The first-order chi connectivity index (χ1) is 16.4. The van der Waals surface area contributed by atoms with Crippen molar-refractivity contribution in [3.8, 4) is 5.69 Å². The number of carbonyl (C=O) groups is 1. The molecule has 0 aliphatic carbocycles. The predicted octanol–water partition coefficient (Wildman–Crippen LogP) is 3.21. The van der Waals surface area contributed by atoms with Crippen LogP contribution in [0.25, 0.3) is 5.69 Å². The van der Waals surface area contributed by atoms with Crippen LogP contribution in [-0.4, -0.2) is 51.6 Å². The zero-order chi connectivity index (χ0) is 24.0. The van der Waals surface area contributed by atoms with E-state index in [0.29, 0.717) is 10.8 Å². The Morgan fingerprint density at radius 2 is 1.62 bits per heavy atom. The van der Waals surface area contributed by atoms with Gasteiger partial charge in [0.15, 0.2) is 0 Å². The fourth-order valence-corrected chi connectivity index (χ4v) is 4.99. The lowest BCUT2D eigenvalue weighted by Gasteiger charge is -2.17. The lowest BCUT2D eigenvalue weighted by atomic mass is 10.2. The molecule has 34 heavy (non-hydrogen) atoms. The molecule has 1 heterocycles. The van der Waals surface area contributed by atoms with Crippen molar-refractivity contribution >= 4 is 33.4 Å². The summed E-state index contributed by atoms with van der Waals surface area (Å²) in [5.41, 5.74) is 2.19. The van der Waals surface area contributed by atoms with E-state index in [1.807, 2.05) is 60.7 Å². The molecule has 4 rings (SSSR count). The van der Waals surface area contributed by atoms with Gasteiger partial charge in [0, 0.05) is 19.3 Å². The highest BCUT2D eigenvalue weighted by atomic mass is 32.2. The quantitative estimate of drug-likeness (QED) is 0.356. The monoisotopic (exact) mass is 494 g/mol. The van der Waals surface area contributed by atoms with E-state index in [4.69, 9.17) is 0 Å². The number of hydrogen-bond acceptors (Lipinski definition) is 7. The van der Waals surface area contributed by atoms with E-state index in [9.17, 15) is 13.2 Å². The molecule has 9 nitrogen and oxygen atoms in total. The van der Waals surface area contributed by atoms with Gasteiger partial charge in [-0.1, -0.05) is 60.3 Å². The third kappa shape index (κ3) is 5.68. The summed E-state index contributed by atoms with van der Waals surface area (Å²) in [6.07, 6.45) is 0. The Bertz CT molecular complexity index is 1340. The molecule has 174 valence electrons. The summed E-state index contributed by atoms with van der Waals surface area (Å²) in [6, 6.07) is 24.9. The number of carbonyl (C=O) groups excluding carboxylic acids is 1. The number of aromatic nitrogens is 4. The van der Waals surface area contributed by atoms with Gasteiger partial charge in [0.25, 0.3) is 0 Å². The van der Waals surface area contributed by atoms with E-state index in [1.165, 1.54) is 35.2 Å². The van der Waals surface area contributed by atoms with E-state index >= 15 is 0 Å². The molecule has 0 fully saturated rings. The zero-order valence-electron chi connectivity index (χ0n) is 18.3. The Kier molecular flexibility index (Phi) is 7.36. The lowest BCUT2D eigenvalue weighted by Crippen LogP contribution is -2.26. The SMILES string of the molecule is CN(Cc1ccccc1)S(=O)(=O)c1ccc(NC(=O)CSc2nnnn2-c2ccccc2)cc1. The van der Waals surface area contributed by atoms with Crippen molar-refractivity contribution in [2.75, 3.05) is 18.1 Å². The Balaban J connectivity index is 1.35. The van der Waals surface area contributed by atoms with Crippen LogP contribution in [0.1, 0.15) is 5.56 Å². The number of hydrogen-bond donors (Lipinski definition) is 1. The second-order valence-corrected chi connectivity index (χ2v) is 10.3. The van der Waals surface area contributed by atoms with Crippen molar-refractivity contribution < 1.29 is 13.2 Å². The minimum absolute atomic E-state index is 0.0903. The molecule has 1 N–H and O–H groups in total. The summed E-state index contributed by atoms with van der Waals surface area (Å²) in [5.74, 6) is -0.169. The van der Waals surface area contributed by atoms with Crippen molar-refractivity contribution in [2.24, 2.45) is 0 Å². The maximum atomic E-state index is 12.9. The number of sulfonamides is 1. The van der Waals surface area contributed by atoms with Crippen molar-refractivity contribution in [1.82, 2.24) is 24.5 Å². The maximum absolute atomic E-state index is 12.9. The number of nitrogens with zero attached hydrogens (tertiary/aromatic N) is 5. The molecular weight excluding hydrogens is 472 g/mol. The molecule has 3 aromatic carbocycles. The van der Waals surface area contributed by atoms with Gasteiger partial charge in [-0.3, -0.25) is 4.79 Å². The molecular formula is C23H22N6O3S2. The van der Waals surface area contributed by atoms with Gasteiger partial charge in [-0.25, -0.2) is 8.42 Å². The van der Waals surface area contributed by atoms with Gasteiger partial charge < -0.3 is 5.32 Å². The summed E-state index contributed by atoms with van der Waals surface area (Å²) < 4.78 is 28.6. The number of tetrazole rings is 1. The molecule has 0 saturated carbocycles. The highest BCUT2D eigenvalue weighted by Gasteiger charge is 2.21. The van der Waals surface area contributed by atoms with Crippen LogP contribution in [0.3, 0.4) is 0 Å². The number of thioether (sulfide) groups is 1. The number of benzene rings is 3. The molecule has 0 saturated heterocycles. The van der Waals surface area contributed by atoms with Gasteiger partial charge in [0.2, 0.25) is 21.1 Å². The van der Waals surface area contributed by atoms with Crippen LogP contribution in [-0.2, 0) is 21.4 Å². The Morgan fingerprint density at radius 3 is 2.29 bits per heavy atom. The van der Waals surface area contributed by atoms with E-state index in [-0.39, 0.29) is 23.1 Å². The Hall–Kier alpha value is -3.54. The Morgan fingerprint density at radius 1 is 0.971 bits per heavy atom. The summed E-state index contributed by atoms with van der Waals surface area (Å²) in [5, 5.41) is 14.9. The van der Waals surface area contributed by atoms with Gasteiger partial charge >= 0.3 is 0 Å². The van der Waals surface area contributed by atoms with Gasteiger partial charge in [-0.2, -0.15) is 8.99 Å². The van der Waals surface area contributed by atoms with Crippen LogP contribution in [0.5, 0.6) is 0 Å². The average molecular weight is 495 g/mol. The molecule has 0 radical (unpaired) electrons. The van der Waals surface area contributed by atoms with Crippen molar-refractivity contribution in [1.29, 1.82) is 0 Å². The maximum Gasteiger partial charge on any atom is 0.243 e. The standard InChI is InChI=1S/C23H22N6O3S2/c1-28(16-18-8-4-2-5-9-18)34(31,32)21-14-12-19(13-15-21)24-22(30)17-33-23-25-26-27-29(23)20-10-6-3-7-11-20/h2-15H,16-17H2,1H3,(H,24,30). The minimum Gasteiger partial charge on any atom is -0.325 e. The highest BCUT2D eigenvalue weighted by molar-refractivity contribution is 7.99. The van der Waals surface area contributed by atoms with Crippen LogP contribution in [0.15, 0.2) is 95.0 Å². The van der Waals surface area contributed by atoms with Crippen LogP contribution >= 0.6 is 11.8 Å². The van der Waals surface area contributed by atoms with Crippen LogP contribution in [0, 0.1) is 0 Å². The smallest absolute Gasteiger partial charge is 0.243 e. The number of anilines is 1. The first-order valence-corrected chi connectivity index (χ1v) is 12.7. The second-order valence-electron chi connectivity index (χ2n) is 7.32. The first kappa shape index (κ1) is 23.6. The summed E-state index contributed by atoms with van der Waals surface area (Å²) in [6.45, 7) is 0.265. The summed E-state index contributed by atoms with van der Waals surface area (Å²) in [4.78, 5) is 12.6. The predicted molar refractivity (Wildman–Crippen MR) is 130 cm³/mol. The molecule has 0 aliphatic heterocycles. The average Bonchev–Trinajstić information content (AvgIpc) is 3.33. The molecule has 0 unspecified atom stereocenters. The fraction of sp³-hybridized carbons (Fsp3) is 0.130. The van der Waals surface area contributed by atoms with Crippen LogP contribution in [0.2, 0.25) is 0 Å². The first-order valence-electron chi connectivity index (χ1n) is 10.3. The summed E-state index contributed by atoms with van der Waals surface area (Å²) in [7, 11) is -2.12. The van der Waals surface area contributed by atoms with Gasteiger partial charge in [0.05, 0.1) is 16.3 Å². The molecule has 11 heteroatoms. The summed E-state index contributed by atoms with van der Waals surface area (Å²) >= 11 is 1.20. The van der Waals surface area contributed by atoms with E-state index in [0.717, 1.165) is 11.3 Å². The van der Waals surface area contributed by atoms with Gasteiger partial charge in [-0.05, 0) is 52.4 Å². The number of rotatable bonds is 9. The normalized spacial score (nSPS) is 11.5. The third-order valence-corrected chi connectivity index (χ3v) is 7.61. The minimum atomic E-state index is -3.66. The number of amides is 1. The van der Waals surface area contributed by atoms with Crippen LogP contribution < -0.4 is 5.32 Å². The van der Waals surface area contributed by atoms with Crippen molar-refractivity contribution in [3.63, 3.8) is 0 Å². The van der Waals surface area contributed by atoms with E-state index in [1.54, 1.807) is 16.8 Å². The van der Waals surface area contributed by atoms with Crippen molar-refractivity contribution in [2.45, 2.75) is 16.6 Å². The number of nitrogens with one attached hydrogen (secondary N) is 1. The fourth-order valence-electron chi connectivity index (χ4n) is 3.14. The van der Waals surface area contributed by atoms with Gasteiger partial charge in [0.1, 0.15) is 0 Å². The van der Waals surface area contributed by atoms with E-state index < -0.39 is 10.0 Å². The molecule has 1 amide bonds. The third-order valence-electron chi connectivity index (χ3n) is 4.87. The Labute approximate surface area is 201 Å². The van der Waals surface area contributed by atoms with E-state index in [2.05, 4.69) is 20.8 Å². The molecule has 1 aromatic heterocycles. The second kappa shape index (κ2) is 10.6. The highest BCUT2D eigenvalue weighted by Crippen LogP contribution is 2.21. The largest absolute Gasteiger partial charge is 0.325 e. The molecule has 0 atom stereocenters. The van der Waals surface area contributed by atoms with Crippen molar-refractivity contribution in [3.05, 3.63) is 90.5 Å². The topological polar surface area (TPSA) is 110 Å². The van der Waals surface area contributed by atoms with Gasteiger partial charge in [-0.15, -0.1) is 5.10 Å².